The SMILES string of the molecule is COc1ccc(Cc2ccc(CN3CCOC3=O)nc2)c(F)c1-c1cccc(Cl)c1.Cl. The van der Waals surface area contributed by atoms with Gasteiger partial charge in [-0.05, 0) is 41.0 Å². The van der Waals surface area contributed by atoms with Gasteiger partial charge in [-0.3, -0.25) is 9.88 Å². The Labute approximate surface area is 191 Å². The lowest BCUT2D eigenvalue weighted by Crippen LogP contribution is -2.24. The number of carbonyl (C=O) groups excluding carboxylic acids is 1. The molecule has 1 aliphatic heterocycles. The van der Waals surface area contributed by atoms with Crippen LogP contribution in [-0.2, 0) is 17.7 Å². The first kappa shape index (κ1) is 22.8. The van der Waals surface area contributed by atoms with Crippen molar-refractivity contribution >= 4 is 30.1 Å². The number of ether oxygens (including phenoxy) is 2. The molecule has 3 aromatic rings. The number of carbonyl (C=O) groups is 1. The Morgan fingerprint density at radius 3 is 2.71 bits per heavy atom. The summed E-state index contributed by atoms with van der Waals surface area (Å²) < 4.78 is 25.7. The maximum atomic E-state index is 15.4. The van der Waals surface area contributed by atoms with Crippen LogP contribution in [0.25, 0.3) is 11.1 Å². The smallest absolute Gasteiger partial charge is 0.410 e. The lowest BCUT2D eigenvalue weighted by Gasteiger charge is -2.14. The van der Waals surface area contributed by atoms with Crippen LogP contribution in [0.15, 0.2) is 54.7 Å². The van der Waals surface area contributed by atoms with Crippen LogP contribution in [0.5, 0.6) is 5.75 Å². The molecule has 31 heavy (non-hydrogen) atoms. The van der Waals surface area contributed by atoms with E-state index in [0.717, 1.165) is 11.3 Å². The summed E-state index contributed by atoms with van der Waals surface area (Å²) in [6.45, 7) is 1.36. The number of rotatable bonds is 6. The molecule has 8 heteroatoms. The molecular weight excluding hydrogens is 442 g/mol. The summed E-state index contributed by atoms with van der Waals surface area (Å²) in [6.07, 6.45) is 1.76. The number of amides is 1. The zero-order valence-electron chi connectivity index (χ0n) is 16.8. The average molecular weight is 463 g/mol. The number of pyridine rings is 1. The number of methoxy groups -OCH3 is 1. The van der Waals surface area contributed by atoms with Crippen molar-refractivity contribution in [2.24, 2.45) is 0 Å². The zero-order valence-corrected chi connectivity index (χ0v) is 18.4. The van der Waals surface area contributed by atoms with Crippen molar-refractivity contribution in [3.05, 3.63) is 82.4 Å². The summed E-state index contributed by atoms with van der Waals surface area (Å²) in [4.78, 5) is 17.6. The molecule has 0 unspecified atom stereocenters. The van der Waals surface area contributed by atoms with Gasteiger partial charge in [-0.2, -0.15) is 0 Å². The number of cyclic esters (lactones) is 1. The van der Waals surface area contributed by atoms with Crippen LogP contribution in [0.4, 0.5) is 9.18 Å². The largest absolute Gasteiger partial charge is 0.496 e. The molecule has 1 saturated heterocycles. The van der Waals surface area contributed by atoms with E-state index in [9.17, 15) is 4.79 Å². The fourth-order valence-electron chi connectivity index (χ4n) is 3.46. The molecule has 1 aliphatic rings. The van der Waals surface area contributed by atoms with Crippen LogP contribution >= 0.6 is 24.0 Å². The summed E-state index contributed by atoms with van der Waals surface area (Å²) in [5, 5.41) is 0.529. The molecule has 4 rings (SSSR count). The molecule has 2 aromatic carbocycles. The Balaban J connectivity index is 0.00000272. The first-order valence-corrected chi connectivity index (χ1v) is 9.90. The van der Waals surface area contributed by atoms with Crippen LogP contribution in [-0.4, -0.2) is 36.2 Å². The first-order chi connectivity index (χ1) is 14.5. The van der Waals surface area contributed by atoms with Crippen molar-refractivity contribution in [3.63, 3.8) is 0 Å². The molecular formula is C23H21Cl2FN2O3. The van der Waals surface area contributed by atoms with E-state index in [1.807, 2.05) is 12.1 Å². The summed E-state index contributed by atoms with van der Waals surface area (Å²) in [5.41, 5.74) is 3.19. The fraction of sp³-hybridized carbons (Fsp3) is 0.217. The molecule has 0 radical (unpaired) electrons. The van der Waals surface area contributed by atoms with Gasteiger partial charge in [0.05, 0.1) is 31.5 Å². The topological polar surface area (TPSA) is 51.7 Å². The van der Waals surface area contributed by atoms with Gasteiger partial charge in [0, 0.05) is 17.6 Å². The standard InChI is InChI=1S/C23H20ClFN2O3.ClH/c1-29-20-8-6-17(22(25)21(20)16-3-2-4-18(24)12-16)11-15-5-7-19(26-13-15)14-27-9-10-30-23(27)28;/h2-8,12-13H,9-11,14H2,1H3;1H. The molecule has 0 atom stereocenters. The molecule has 1 amide bonds. The Morgan fingerprint density at radius 2 is 2.06 bits per heavy atom. The number of aromatic nitrogens is 1. The molecule has 0 spiro atoms. The molecule has 5 nitrogen and oxygen atoms in total. The van der Waals surface area contributed by atoms with Crippen molar-refractivity contribution in [1.82, 2.24) is 9.88 Å². The normalized spacial score (nSPS) is 13.0. The highest BCUT2D eigenvalue weighted by molar-refractivity contribution is 6.30. The highest BCUT2D eigenvalue weighted by Gasteiger charge is 2.22. The third-order valence-electron chi connectivity index (χ3n) is 5.00. The molecule has 0 bridgehead atoms. The van der Waals surface area contributed by atoms with E-state index in [2.05, 4.69) is 4.98 Å². The number of hydrogen-bond donors (Lipinski definition) is 0. The Hall–Kier alpha value is -2.83. The second kappa shape index (κ2) is 9.98. The van der Waals surface area contributed by atoms with Gasteiger partial charge in [0.1, 0.15) is 18.2 Å². The predicted molar refractivity (Wildman–Crippen MR) is 119 cm³/mol. The third-order valence-corrected chi connectivity index (χ3v) is 5.23. The van der Waals surface area contributed by atoms with E-state index in [1.165, 1.54) is 7.11 Å². The predicted octanol–water partition coefficient (Wildman–Crippen LogP) is 5.51. The van der Waals surface area contributed by atoms with Gasteiger partial charge in [-0.15, -0.1) is 12.4 Å². The molecule has 0 saturated carbocycles. The number of hydrogen-bond acceptors (Lipinski definition) is 4. The minimum absolute atomic E-state index is 0. The average Bonchev–Trinajstić information content (AvgIpc) is 3.15. The van der Waals surface area contributed by atoms with Gasteiger partial charge in [-0.1, -0.05) is 35.9 Å². The van der Waals surface area contributed by atoms with Gasteiger partial charge >= 0.3 is 6.09 Å². The molecule has 0 aliphatic carbocycles. The van der Waals surface area contributed by atoms with Gasteiger partial charge in [0.15, 0.2) is 0 Å². The Bertz CT molecular complexity index is 1080. The van der Waals surface area contributed by atoms with Gasteiger partial charge in [0.2, 0.25) is 0 Å². The number of halogens is 3. The lowest BCUT2D eigenvalue weighted by atomic mass is 9.97. The minimum atomic E-state index is -0.347. The minimum Gasteiger partial charge on any atom is -0.496 e. The van der Waals surface area contributed by atoms with Gasteiger partial charge in [0.25, 0.3) is 0 Å². The molecule has 0 N–H and O–H groups in total. The Morgan fingerprint density at radius 1 is 1.23 bits per heavy atom. The zero-order chi connectivity index (χ0) is 21.1. The van der Waals surface area contributed by atoms with E-state index in [-0.39, 0.29) is 24.3 Å². The van der Waals surface area contributed by atoms with Crippen molar-refractivity contribution in [3.8, 4) is 16.9 Å². The summed E-state index contributed by atoms with van der Waals surface area (Å²) in [6, 6.07) is 14.3. The summed E-state index contributed by atoms with van der Waals surface area (Å²) in [5.74, 6) is 0.102. The van der Waals surface area contributed by atoms with E-state index < -0.39 is 0 Å². The van der Waals surface area contributed by atoms with Crippen LogP contribution < -0.4 is 4.74 Å². The summed E-state index contributed by atoms with van der Waals surface area (Å²) in [7, 11) is 1.52. The van der Waals surface area contributed by atoms with Crippen LogP contribution in [0.2, 0.25) is 5.02 Å². The monoisotopic (exact) mass is 462 g/mol. The van der Waals surface area contributed by atoms with Crippen LogP contribution in [0, 0.1) is 5.82 Å². The molecule has 2 heterocycles. The van der Waals surface area contributed by atoms with E-state index in [1.54, 1.807) is 47.5 Å². The van der Waals surface area contributed by atoms with Gasteiger partial charge in [-0.25, -0.2) is 9.18 Å². The second-order valence-electron chi connectivity index (χ2n) is 7.00. The lowest BCUT2D eigenvalue weighted by molar-refractivity contribution is 0.157. The molecule has 1 fully saturated rings. The fourth-order valence-corrected chi connectivity index (χ4v) is 3.65. The Kier molecular flexibility index (Phi) is 7.36. The third kappa shape index (κ3) is 5.09. The van der Waals surface area contributed by atoms with Crippen molar-refractivity contribution in [1.29, 1.82) is 0 Å². The number of nitrogens with zero attached hydrogens (tertiary/aromatic N) is 2. The second-order valence-corrected chi connectivity index (χ2v) is 7.43. The van der Waals surface area contributed by atoms with Crippen LogP contribution in [0.1, 0.15) is 16.8 Å². The maximum Gasteiger partial charge on any atom is 0.410 e. The van der Waals surface area contributed by atoms with Crippen LogP contribution in [0.3, 0.4) is 0 Å². The van der Waals surface area contributed by atoms with E-state index in [0.29, 0.717) is 53.6 Å². The summed E-state index contributed by atoms with van der Waals surface area (Å²) >= 11 is 6.09. The van der Waals surface area contributed by atoms with E-state index in [4.69, 9.17) is 21.1 Å². The maximum absolute atomic E-state index is 15.4. The quantitative estimate of drug-likeness (QED) is 0.484. The van der Waals surface area contributed by atoms with E-state index >= 15 is 4.39 Å². The first-order valence-electron chi connectivity index (χ1n) is 9.52. The number of benzene rings is 2. The highest BCUT2D eigenvalue weighted by Crippen LogP contribution is 2.36. The van der Waals surface area contributed by atoms with Crippen molar-refractivity contribution in [2.75, 3.05) is 20.3 Å². The molecule has 162 valence electrons. The van der Waals surface area contributed by atoms with Gasteiger partial charge < -0.3 is 9.47 Å². The van der Waals surface area contributed by atoms with Crippen molar-refractivity contribution < 1.29 is 18.7 Å². The highest BCUT2D eigenvalue weighted by atomic mass is 35.5. The van der Waals surface area contributed by atoms with Crippen molar-refractivity contribution in [2.45, 2.75) is 13.0 Å². The molecule has 1 aromatic heterocycles.